The largest absolute Gasteiger partial charge is 0.488 e. The fourth-order valence-corrected chi connectivity index (χ4v) is 2.32. The van der Waals surface area contributed by atoms with Crippen LogP contribution in [0.5, 0.6) is 5.75 Å². The Morgan fingerprint density at radius 2 is 2.00 bits per heavy atom. The minimum absolute atomic E-state index is 0.198. The van der Waals surface area contributed by atoms with Gasteiger partial charge in [-0.25, -0.2) is 13.8 Å². The Labute approximate surface area is 155 Å². The average molecular weight is 377 g/mol. The number of benzene rings is 1. The zero-order chi connectivity index (χ0) is 19.8. The van der Waals surface area contributed by atoms with Gasteiger partial charge in [-0.15, -0.1) is 0 Å². The van der Waals surface area contributed by atoms with Gasteiger partial charge in [0.25, 0.3) is 12.3 Å². The van der Waals surface area contributed by atoms with Crippen molar-refractivity contribution in [1.29, 1.82) is 0 Å². The van der Waals surface area contributed by atoms with Crippen LogP contribution in [-0.2, 0) is 11.3 Å². The van der Waals surface area contributed by atoms with Crippen LogP contribution in [0, 0.1) is 6.92 Å². The summed E-state index contributed by atoms with van der Waals surface area (Å²) in [5.41, 5.74) is 1.90. The van der Waals surface area contributed by atoms with Gasteiger partial charge in [-0.3, -0.25) is 9.59 Å². The Hall–Kier alpha value is -3.03. The van der Waals surface area contributed by atoms with E-state index in [2.05, 4.69) is 15.6 Å². The molecule has 2 rings (SSSR count). The van der Waals surface area contributed by atoms with Crippen molar-refractivity contribution >= 4 is 17.6 Å². The third-order valence-corrected chi connectivity index (χ3v) is 3.55. The number of nitrogens with one attached hydrogen (secondary N) is 2. The maximum atomic E-state index is 12.3. The van der Waals surface area contributed by atoms with E-state index in [0.29, 0.717) is 23.6 Å². The number of alkyl halides is 2. The minimum Gasteiger partial charge on any atom is -0.488 e. The third kappa shape index (κ3) is 6.65. The lowest BCUT2D eigenvalue weighted by Crippen LogP contribution is -2.23. The normalized spacial score (nSPS) is 10.6. The van der Waals surface area contributed by atoms with Crippen LogP contribution in [0.3, 0.4) is 0 Å². The van der Waals surface area contributed by atoms with E-state index >= 15 is 0 Å². The molecule has 2 aromatic rings. The van der Waals surface area contributed by atoms with Crippen LogP contribution < -0.4 is 15.4 Å². The number of nitrogens with zero attached hydrogens (tertiary/aromatic N) is 1. The van der Waals surface area contributed by atoms with Crippen LogP contribution in [0.25, 0.3) is 0 Å². The van der Waals surface area contributed by atoms with Gasteiger partial charge in [0.2, 0.25) is 5.91 Å². The van der Waals surface area contributed by atoms with E-state index in [1.165, 1.54) is 18.3 Å². The van der Waals surface area contributed by atoms with Crippen LogP contribution in [0.1, 0.15) is 34.8 Å². The molecule has 0 aliphatic rings. The molecule has 8 heteroatoms. The second kappa shape index (κ2) is 9.61. The van der Waals surface area contributed by atoms with Crippen molar-refractivity contribution in [2.75, 3.05) is 11.9 Å². The molecule has 0 spiro atoms. The van der Waals surface area contributed by atoms with Gasteiger partial charge in [0, 0.05) is 24.7 Å². The molecule has 144 valence electrons. The van der Waals surface area contributed by atoms with Crippen LogP contribution >= 0.6 is 0 Å². The van der Waals surface area contributed by atoms with Crippen LogP contribution in [0.2, 0.25) is 0 Å². The summed E-state index contributed by atoms with van der Waals surface area (Å²) in [7, 11) is 0. The molecule has 0 bridgehead atoms. The highest BCUT2D eigenvalue weighted by Gasteiger charge is 2.10. The number of pyridine rings is 1. The molecule has 1 heterocycles. The lowest BCUT2D eigenvalue weighted by Gasteiger charge is -2.11. The predicted molar refractivity (Wildman–Crippen MR) is 97.0 cm³/mol. The Balaban J connectivity index is 2.01. The summed E-state index contributed by atoms with van der Waals surface area (Å²) >= 11 is 0. The van der Waals surface area contributed by atoms with Gasteiger partial charge in [0.15, 0.2) is 0 Å². The summed E-state index contributed by atoms with van der Waals surface area (Å²) < 4.78 is 29.6. The third-order valence-electron chi connectivity index (χ3n) is 3.55. The van der Waals surface area contributed by atoms with Crippen molar-refractivity contribution in [2.45, 2.75) is 33.2 Å². The zero-order valence-corrected chi connectivity index (χ0v) is 15.1. The average Bonchev–Trinajstić information content (AvgIpc) is 2.64. The van der Waals surface area contributed by atoms with Crippen molar-refractivity contribution in [3.8, 4) is 5.75 Å². The molecule has 2 amide bonds. The second-order valence-electron chi connectivity index (χ2n) is 5.87. The lowest BCUT2D eigenvalue weighted by atomic mass is 10.1. The molecule has 2 N–H and O–H groups in total. The topological polar surface area (TPSA) is 80.3 Å². The summed E-state index contributed by atoms with van der Waals surface area (Å²) in [5, 5.41) is 5.34. The van der Waals surface area contributed by atoms with E-state index in [1.54, 1.807) is 19.1 Å². The first-order valence-electron chi connectivity index (χ1n) is 8.43. The Bertz CT molecular complexity index is 813. The molecule has 0 saturated carbocycles. The first-order chi connectivity index (χ1) is 12.9. The number of aromatic nitrogens is 1. The predicted octanol–water partition coefficient (Wildman–Crippen LogP) is 3.31. The van der Waals surface area contributed by atoms with Crippen LogP contribution in [0.15, 0.2) is 36.5 Å². The molecule has 6 nitrogen and oxygen atoms in total. The number of hydrogen-bond acceptors (Lipinski definition) is 4. The molecule has 0 fully saturated rings. The molecule has 27 heavy (non-hydrogen) atoms. The van der Waals surface area contributed by atoms with Gasteiger partial charge in [-0.1, -0.05) is 13.0 Å². The molecule has 1 aromatic heterocycles. The number of carbonyl (C=O) groups is 2. The van der Waals surface area contributed by atoms with E-state index in [9.17, 15) is 18.4 Å². The van der Waals surface area contributed by atoms with Gasteiger partial charge in [0.1, 0.15) is 18.2 Å². The quantitative estimate of drug-likeness (QED) is 0.740. The van der Waals surface area contributed by atoms with Crippen molar-refractivity contribution in [2.24, 2.45) is 0 Å². The number of aryl methyl sites for hydroxylation is 1. The van der Waals surface area contributed by atoms with E-state index in [4.69, 9.17) is 4.74 Å². The SMILES string of the molecule is CCC(=O)Nc1cc(C(=O)NCc2cc(C)cc(OCC(F)F)c2)ccn1. The summed E-state index contributed by atoms with van der Waals surface area (Å²) in [6.07, 6.45) is -0.812. The molecule has 0 unspecified atom stereocenters. The molecular formula is C19H21F2N3O3. The Kier molecular flexibility index (Phi) is 7.22. The van der Waals surface area contributed by atoms with Gasteiger partial charge in [-0.05, 0) is 42.3 Å². The van der Waals surface area contributed by atoms with Crippen molar-refractivity contribution < 1.29 is 23.1 Å². The first kappa shape index (κ1) is 20.3. The lowest BCUT2D eigenvalue weighted by molar-refractivity contribution is -0.115. The van der Waals surface area contributed by atoms with Gasteiger partial charge in [-0.2, -0.15) is 0 Å². The number of amides is 2. The summed E-state index contributed by atoms with van der Waals surface area (Å²) in [6, 6.07) is 8.10. The second-order valence-corrected chi connectivity index (χ2v) is 5.87. The molecule has 1 aromatic carbocycles. The highest BCUT2D eigenvalue weighted by atomic mass is 19.3. The number of halogens is 2. The standard InChI is InChI=1S/C19H21F2N3O3/c1-3-18(25)24-17-9-14(4-5-22-17)19(26)23-10-13-6-12(2)7-15(8-13)27-11-16(20)21/h4-9,16H,3,10-11H2,1-2H3,(H,23,26)(H,22,24,25). The summed E-state index contributed by atoms with van der Waals surface area (Å²) in [5.74, 6) is 0.0814. The number of hydrogen-bond donors (Lipinski definition) is 2. The Morgan fingerprint density at radius 1 is 1.22 bits per heavy atom. The molecule has 0 atom stereocenters. The number of ether oxygens (including phenoxy) is 1. The number of carbonyl (C=O) groups excluding carboxylic acids is 2. The molecule has 0 radical (unpaired) electrons. The van der Waals surface area contributed by atoms with Crippen molar-refractivity contribution in [3.63, 3.8) is 0 Å². The minimum atomic E-state index is -2.55. The first-order valence-corrected chi connectivity index (χ1v) is 8.43. The zero-order valence-electron chi connectivity index (χ0n) is 15.1. The van der Waals surface area contributed by atoms with Crippen LogP contribution in [-0.4, -0.2) is 29.8 Å². The van der Waals surface area contributed by atoms with Gasteiger partial charge in [0.05, 0.1) is 0 Å². The smallest absolute Gasteiger partial charge is 0.272 e. The maximum absolute atomic E-state index is 12.3. The van der Waals surface area contributed by atoms with E-state index < -0.39 is 13.0 Å². The fraction of sp³-hybridized carbons (Fsp3) is 0.316. The van der Waals surface area contributed by atoms with Gasteiger partial charge >= 0.3 is 0 Å². The van der Waals surface area contributed by atoms with Crippen LogP contribution in [0.4, 0.5) is 14.6 Å². The highest BCUT2D eigenvalue weighted by molar-refractivity contribution is 5.96. The molecule has 0 saturated heterocycles. The maximum Gasteiger partial charge on any atom is 0.272 e. The molecule has 0 aliphatic heterocycles. The van der Waals surface area contributed by atoms with Crippen molar-refractivity contribution in [1.82, 2.24) is 10.3 Å². The monoisotopic (exact) mass is 377 g/mol. The fourth-order valence-electron chi connectivity index (χ4n) is 2.32. The summed E-state index contributed by atoms with van der Waals surface area (Å²) in [4.78, 5) is 27.7. The Morgan fingerprint density at radius 3 is 2.70 bits per heavy atom. The molecule has 0 aliphatic carbocycles. The highest BCUT2D eigenvalue weighted by Crippen LogP contribution is 2.18. The van der Waals surface area contributed by atoms with E-state index in [1.807, 2.05) is 13.0 Å². The van der Waals surface area contributed by atoms with Crippen molar-refractivity contribution in [3.05, 3.63) is 53.2 Å². The van der Waals surface area contributed by atoms with E-state index in [0.717, 1.165) is 11.1 Å². The van der Waals surface area contributed by atoms with Gasteiger partial charge < -0.3 is 15.4 Å². The molecular weight excluding hydrogens is 356 g/mol. The number of anilines is 1. The van der Waals surface area contributed by atoms with E-state index in [-0.39, 0.29) is 18.4 Å². The number of rotatable bonds is 8. The summed E-state index contributed by atoms with van der Waals surface area (Å²) in [6.45, 7) is 3.04.